The third-order valence-electron chi connectivity index (χ3n) is 4.88. The van der Waals surface area contributed by atoms with Gasteiger partial charge in [0.25, 0.3) is 10.2 Å². The van der Waals surface area contributed by atoms with E-state index in [0.29, 0.717) is 0 Å². The van der Waals surface area contributed by atoms with E-state index in [1.165, 1.54) is 28.1 Å². The lowest BCUT2D eigenvalue weighted by molar-refractivity contribution is -0.125. The molecule has 0 bridgehead atoms. The second kappa shape index (κ2) is 10.3. The highest BCUT2D eigenvalue weighted by Gasteiger charge is 2.36. The van der Waals surface area contributed by atoms with Gasteiger partial charge in [-0.3, -0.25) is 14.5 Å². The second-order valence-corrected chi connectivity index (χ2v) is 9.43. The molecule has 1 fully saturated rings. The summed E-state index contributed by atoms with van der Waals surface area (Å²) in [5.41, 5.74) is 7.74. The zero-order valence-corrected chi connectivity index (χ0v) is 18.6. The number of aromatic nitrogens is 1. The summed E-state index contributed by atoms with van der Waals surface area (Å²) in [6.45, 7) is 2.42. The molecule has 0 radical (unpaired) electrons. The average molecular weight is 468 g/mol. The van der Waals surface area contributed by atoms with Gasteiger partial charge in [0, 0.05) is 18.5 Å². The van der Waals surface area contributed by atoms with Crippen LogP contribution in [-0.2, 0) is 31.0 Å². The Bertz CT molecular complexity index is 978. The monoisotopic (exact) mass is 467 g/mol. The van der Waals surface area contributed by atoms with Crippen molar-refractivity contribution in [3.8, 4) is 0 Å². The number of hydrogen-bond acceptors (Lipinski definition) is 7. The standard InChI is InChI=1S/C19H25N5O5S2/c1-14(18(20)25)24(17-12-30-13-21-17)19(26)16(11-15-5-3-2-4-6-15)22-31(27,28)23-7-9-29-10-8-23/h2-6,12-14,16,22H,7-11H2,1H3,(H2,20,25)/t14-,16-/m0/s1. The third kappa shape index (κ3) is 5.86. The van der Waals surface area contributed by atoms with Gasteiger partial charge in [0.2, 0.25) is 11.8 Å². The minimum atomic E-state index is -3.97. The van der Waals surface area contributed by atoms with Crippen LogP contribution in [-0.4, -0.2) is 67.9 Å². The maximum absolute atomic E-state index is 13.6. The first-order valence-corrected chi connectivity index (χ1v) is 12.1. The van der Waals surface area contributed by atoms with E-state index in [-0.39, 0.29) is 38.5 Å². The fraction of sp³-hybridized carbons (Fsp3) is 0.421. The molecule has 1 aromatic heterocycles. The first kappa shape index (κ1) is 23.3. The van der Waals surface area contributed by atoms with Crippen LogP contribution in [0.5, 0.6) is 0 Å². The third-order valence-corrected chi connectivity index (χ3v) is 7.09. The largest absolute Gasteiger partial charge is 0.379 e. The molecule has 0 aliphatic carbocycles. The van der Waals surface area contributed by atoms with E-state index < -0.39 is 34.1 Å². The lowest BCUT2D eigenvalue weighted by Crippen LogP contribution is -2.58. The van der Waals surface area contributed by atoms with E-state index in [4.69, 9.17) is 10.5 Å². The summed E-state index contributed by atoms with van der Waals surface area (Å²) in [6.07, 6.45) is 0.0926. The van der Waals surface area contributed by atoms with E-state index in [1.807, 2.05) is 6.07 Å². The Kier molecular flexibility index (Phi) is 7.73. The molecule has 1 aliphatic rings. The van der Waals surface area contributed by atoms with Crippen molar-refractivity contribution >= 4 is 39.2 Å². The van der Waals surface area contributed by atoms with Crippen LogP contribution in [0.3, 0.4) is 0 Å². The second-order valence-electron chi connectivity index (χ2n) is 7.01. The van der Waals surface area contributed by atoms with E-state index in [1.54, 1.807) is 29.6 Å². The van der Waals surface area contributed by atoms with Crippen LogP contribution in [0.4, 0.5) is 5.82 Å². The number of ether oxygens (including phenoxy) is 1. The normalized spacial score (nSPS) is 17.1. The lowest BCUT2D eigenvalue weighted by atomic mass is 10.0. The molecule has 1 aromatic carbocycles. The summed E-state index contributed by atoms with van der Waals surface area (Å²) >= 11 is 1.25. The van der Waals surface area contributed by atoms with Gasteiger partial charge in [-0.05, 0) is 18.9 Å². The van der Waals surface area contributed by atoms with E-state index >= 15 is 0 Å². The van der Waals surface area contributed by atoms with Gasteiger partial charge in [-0.15, -0.1) is 11.3 Å². The number of benzene rings is 1. The molecule has 2 amide bonds. The Morgan fingerprint density at radius 2 is 1.97 bits per heavy atom. The van der Waals surface area contributed by atoms with Gasteiger partial charge < -0.3 is 10.5 Å². The zero-order chi connectivity index (χ0) is 22.4. The maximum atomic E-state index is 13.6. The van der Waals surface area contributed by atoms with Crippen LogP contribution in [0.15, 0.2) is 41.2 Å². The van der Waals surface area contributed by atoms with Gasteiger partial charge in [-0.1, -0.05) is 30.3 Å². The molecule has 0 saturated carbocycles. The molecule has 2 heterocycles. The van der Waals surface area contributed by atoms with Crippen molar-refractivity contribution in [2.24, 2.45) is 5.73 Å². The van der Waals surface area contributed by atoms with Crippen molar-refractivity contribution < 1.29 is 22.7 Å². The van der Waals surface area contributed by atoms with Crippen molar-refractivity contribution in [1.82, 2.24) is 14.0 Å². The number of nitrogens with one attached hydrogen (secondary N) is 1. The molecule has 12 heteroatoms. The predicted octanol–water partition coefficient (Wildman–Crippen LogP) is 0.128. The quantitative estimate of drug-likeness (QED) is 0.538. The zero-order valence-electron chi connectivity index (χ0n) is 17.0. The number of nitrogens with two attached hydrogens (primary N) is 1. The minimum Gasteiger partial charge on any atom is -0.379 e. The molecule has 3 N–H and O–H groups in total. The number of carbonyl (C=O) groups is 2. The number of morpholine rings is 1. The smallest absolute Gasteiger partial charge is 0.280 e. The molecule has 10 nitrogen and oxygen atoms in total. The summed E-state index contributed by atoms with van der Waals surface area (Å²) in [4.78, 5) is 30.7. The Morgan fingerprint density at radius 1 is 1.29 bits per heavy atom. The molecule has 31 heavy (non-hydrogen) atoms. The summed E-state index contributed by atoms with van der Waals surface area (Å²) in [7, 11) is -3.97. The van der Waals surface area contributed by atoms with Crippen LogP contribution in [0, 0.1) is 0 Å². The molecule has 1 saturated heterocycles. The van der Waals surface area contributed by atoms with Crippen LogP contribution < -0.4 is 15.4 Å². The summed E-state index contributed by atoms with van der Waals surface area (Å²) in [5.74, 6) is -1.10. The molecule has 0 unspecified atom stereocenters. The Morgan fingerprint density at radius 3 is 2.55 bits per heavy atom. The van der Waals surface area contributed by atoms with Crippen LogP contribution in [0.25, 0.3) is 0 Å². The maximum Gasteiger partial charge on any atom is 0.280 e. The van der Waals surface area contributed by atoms with Crippen molar-refractivity contribution in [3.63, 3.8) is 0 Å². The molecule has 2 aromatic rings. The molecule has 1 aliphatic heterocycles. The van der Waals surface area contributed by atoms with Crippen LogP contribution >= 0.6 is 11.3 Å². The van der Waals surface area contributed by atoms with Gasteiger partial charge >= 0.3 is 0 Å². The summed E-state index contributed by atoms with van der Waals surface area (Å²) in [6, 6.07) is 6.85. The number of anilines is 1. The molecular weight excluding hydrogens is 442 g/mol. The molecule has 168 valence electrons. The van der Waals surface area contributed by atoms with Crippen molar-refractivity contribution in [2.45, 2.75) is 25.4 Å². The van der Waals surface area contributed by atoms with Crippen molar-refractivity contribution in [1.29, 1.82) is 0 Å². The first-order valence-electron chi connectivity index (χ1n) is 9.69. The highest BCUT2D eigenvalue weighted by molar-refractivity contribution is 7.87. The summed E-state index contributed by atoms with van der Waals surface area (Å²) in [5, 5.41) is 1.60. The number of carbonyl (C=O) groups excluding carboxylic acids is 2. The van der Waals surface area contributed by atoms with Gasteiger partial charge in [0.05, 0.1) is 18.7 Å². The molecule has 0 spiro atoms. The highest BCUT2D eigenvalue weighted by Crippen LogP contribution is 2.20. The van der Waals surface area contributed by atoms with E-state index in [9.17, 15) is 18.0 Å². The number of primary amides is 1. The van der Waals surface area contributed by atoms with Crippen LogP contribution in [0.2, 0.25) is 0 Å². The fourth-order valence-electron chi connectivity index (χ4n) is 3.19. The molecule has 2 atom stereocenters. The summed E-state index contributed by atoms with van der Waals surface area (Å²) < 4.78 is 35.0. The Labute approximate surface area is 185 Å². The first-order chi connectivity index (χ1) is 14.8. The van der Waals surface area contributed by atoms with E-state index in [2.05, 4.69) is 9.71 Å². The highest BCUT2D eigenvalue weighted by atomic mass is 32.2. The Balaban J connectivity index is 1.93. The number of thiazole rings is 1. The predicted molar refractivity (Wildman–Crippen MR) is 117 cm³/mol. The van der Waals surface area contributed by atoms with E-state index in [0.717, 1.165) is 10.5 Å². The topological polar surface area (TPSA) is 135 Å². The lowest BCUT2D eigenvalue weighted by Gasteiger charge is -2.32. The fourth-order valence-corrected chi connectivity index (χ4v) is 5.04. The van der Waals surface area contributed by atoms with Gasteiger partial charge in [-0.25, -0.2) is 4.98 Å². The van der Waals surface area contributed by atoms with Crippen molar-refractivity contribution in [3.05, 3.63) is 46.8 Å². The molecule has 3 rings (SSSR count). The number of hydrogen-bond donors (Lipinski definition) is 2. The van der Waals surface area contributed by atoms with Crippen LogP contribution in [0.1, 0.15) is 12.5 Å². The SMILES string of the molecule is C[C@@H](C(N)=O)N(C(=O)[C@H](Cc1ccccc1)NS(=O)(=O)N1CCOCC1)c1cscn1. The molecular formula is C19H25N5O5S2. The number of rotatable bonds is 9. The van der Waals surface area contributed by atoms with Crippen molar-refractivity contribution in [2.75, 3.05) is 31.2 Å². The average Bonchev–Trinajstić information content (AvgIpc) is 3.29. The van der Waals surface area contributed by atoms with Gasteiger partial charge in [0.15, 0.2) is 0 Å². The van der Waals surface area contributed by atoms with Gasteiger partial charge in [0.1, 0.15) is 17.9 Å². The number of nitrogens with zero attached hydrogens (tertiary/aromatic N) is 3. The minimum absolute atomic E-state index is 0.0926. The number of amides is 2. The Hall–Kier alpha value is -2.38. The van der Waals surface area contributed by atoms with Gasteiger partial charge in [-0.2, -0.15) is 17.4 Å².